The van der Waals surface area contributed by atoms with Crippen LogP contribution in [0.2, 0.25) is 13.1 Å². The summed E-state index contributed by atoms with van der Waals surface area (Å²) in [7, 11) is -1.48. The van der Waals surface area contributed by atoms with E-state index in [1.165, 1.54) is 22.3 Å². The third-order valence-electron chi connectivity index (χ3n) is 5.00. The minimum atomic E-state index is -1.48. The topological polar surface area (TPSA) is 0 Å². The first-order valence-electron chi connectivity index (χ1n) is 9.57. The molecule has 1 heteroatoms. The largest absolute Gasteiger partial charge is 0.103 e. The standard InChI is InChI=1S/C20H22Si.2C2H6/c1-15-19(17-11-7-5-8-12-17)20(16(2)21(15,3)4)18-13-9-6-10-14-18;2*1-2/h5-14H,1-4H3;2*1-2H3. The second-order valence-corrected chi connectivity index (χ2v) is 11.1. The summed E-state index contributed by atoms with van der Waals surface area (Å²) >= 11 is 0. The van der Waals surface area contributed by atoms with Crippen LogP contribution >= 0.6 is 0 Å². The molecular weight excluding hydrogens is 316 g/mol. The van der Waals surface area contributed by atoms with Crippen molar-refractivity contribution >= 4 is 19.2 Å². The smallest absolute Gasteiger partial charge is 0.0711 e. The molecule has 0 saturated heterocycles. The summed E-state index contributed by atoms with van der Waals surface area (Å²) in [5, 5.41) is 3.20. The minimum absolute atomic E-state index is 1.35. The van der Waals surface area contributed by atoms with Gasteiger partial charge in [0.1, 0.15) is 8.07 Å². The molecule has 0 aliphatic carbocycles. The van der Waals surface area contributed by atoms with Crippen LogP contribution in [0.5, 0.6) is 0 Å². The van der Waals surface area contributed by atoms with Crippen molar-refractivity contribution in [2.24, 2.45) is 0 Å². The van der Waals surface area contributed by atoms with Crippen LogP contribution in [-0.4, -0.2) is 8.07 Å². The zero-order valence-electron chi connectivity index (χ0n) is 17.3. The number of allylic oxidation sites excluding steroid dienone is 4. The Morgan fingerprint density at radius 1 is 0.520 bits per heavy atom. The summed E-state index contributed by atoms with van der Waals surface area (Å²) in [6.07, 6.45) is 0. The first kappa shape index (κ1) is 21.2. The average Bonchev–Trinajstić information content (AvgIpc) is 2.86. The first-order valence-corrected chi connectivity index (χ1v) is 12.6. The lowest BCUT2D eigenvalue weighted by molar-refractivity contribution is 1.50. The van der Waals surface area contributed by atoms with Crippen LogP contribution in [-0.2, 0) is 0 Å². The Balaban J connectivity index is 0.000000730. The van der Waals surface area contributed by atoms with E-state index in [0.717, 1.165) is 0 Å². The molecule has 2 aromatic carbocycles. The third kappa shape index (κ3) is 4.22. The second kappa shape index (κ2) is 9.58. The fourth-order valence-electron chi connectivity index (χ4n) is 3.21. The SMILES string of the molecule is CC.CC.CC1=C(c2ccccc2)C(c2ccccc2)=C(C)[Si]1(C)C. The fourth-order valence-corrected chi connectivity index (χ4v) is 5.56. The van der Waals surface area contributed by atoms with E-state index in [4.69, 9.17) is 0 Å². The van der Waals surface area contributed by atoms with Crippen LogP contribution in [0.1, 0.15) is 52.7 Å². The summed E-state index contributed by atoms with van der Waals surface area (Å²) in [5.74, 6) is 0. The molecule has 0 aromatic heterocycles. The Bertz CT molecular complexity index is 656. The van der Waals surface area contributed by atoms with Gasteiger partial charge in [-0.15, -0.1) is 0 Å². The lowest BCUT2D eigenvalue weighted by Crippen LogP contribution is -2.27. The first-order chi connectivity index (χ1) is 12.0. The molecule has 0 amide bonds. The highest BCUT2D eigenvalue weighted by molar-refractivity contribution is 6.94. The van der Waals surface area contributed by atoms with Crippen molar-refractivity contribution in [3.63, 3.8) is 0 Å². The highest BCUT2D eigenvalue weighted by atomic mass is 28.3. The van der Waals surface area contributed by atoms with Crippen molar-refractivity contribution in [1.82, 2.24) is 0 Å². The second-order valence-electron chi connectivity index (χ2n) is 6.36. The van der Waals surface area contributed by atoms with Gasteiger partial charge in [0.15, 0.2) is 0 Å². The van der Waals surface area contributed by atoms with Gasteiger partial charge in [0.25, 0.3) is 0 Å². The molecule has 25 heavy (non-hydrogen) atoms. The van der Waals surface area contributed by atoms with Gasteiger partial charge in [-0.2, -0.15) is 0 Å². The van der Waals surface area contributed by atoms with Crippen LogP contribution in [0.25, 0.3) is 11.1 Å². The fraction of sp³-hybridized carbons (Fsp3) is 0.333. The van der Waals surface area contributed by atoms with Gasteiger partial charge in [0.05, 0.1) is 0 Å². The molecule has 0 bridgehead atoms. The molecule has 0 nitrogen and oxygen atoms in total. The zero-order valence-corrected chi connectivity index (χ0v) is 18.3. The van der Waals surface area contributed by atoms with Crippen molar-refractivity contribution in [1.29, 1.82) is 0 Å². The van der Waals surface area contributed by atoms with Gasteiger partial charge in [-0.05, 0) is 36.1 Å². The predicted molar refractivity (Wildman–Crippen MR) is 118 cm³/mol. The lowest BCUT2D eigenvalue weighted by atomic mass is 9.92. The third-order valence-corrected chi connectivity index (χ3v) is 9.25. The molecule has 0 atom stereocenters. The molecule has 1 aliphatic rings. The van der Waals surface area contributed by atoms with Crippen LogP contribution in [0.3, 0.4) is 0 Å². The summed E-state index contributed by atoms with van der Waals surface area (Å²) in [6, 6.07) is 21.7. The van der Waals surface area contributed by atoms with Crippen LogP contribution < -0.4 is 0 Å². The van der Waals surface area contributed by atoms with E-state index in [2.05, 4.69) is 87.6 Å². The van der Waals surface area contributed by atoms with Gasteiger partial charge in [-0.25, -0.2) is 0 Å². The van der Waals surface area contributed by atoms with E-state index in [-0.39, 0.29) is 0 Å². The quantitative estimate of drug-likeness (QED) is 0.485. The highest BCUT2D eigenvalue weighted by Crippen LogP contribution is 2.47. The maximum Gasteiger partial charge on any atom is 0.103 e. The number of rotatable bonds is 2. The van der Waals surface area contributed by atoms with Gasteiger partial charge >= 0.3 is 0 Å². The number of hydrogen-bond donors (Lipinski definition) is 0. The minimum Gasteiger partial charge on any atom is -0.0711 e. The Morgan fingerprint density at radius 3 is 1.08 bits per heavy atom. The predicted octanol–water partition coefficient (Wildman–Crippen LogP) is 7.79. The van der Waals surface area contributed by atoms with Crippen LogP contribution in [0, 0.1) is 0 Å². The molecule has 0 radical (unpaired) electrons. The van der Waals surface area contributed by atoms with E-state index in [9.17, 15) is 0 Å². The summed E-state index contributed by atoms with van der Waals surface area (Å²) in [4.78, 5) is 0. The monoisotopic (exact) mass is 350 g/mol. The Morgan fingerprint density at radius 2 is 0.800 bits per heavy atom. The van der Waals surface area contributed by atoms with Crippen molar-refractivity contribution in [3.8, 4) is 0 Å². The molecule has 0 saturated carbocycles. The summed E-state index contributed by atoms with van der Waals surface area (Å²) < 4.78 is 0. The lowest BCUT2D eigenvalue weighted by Gasteiger charge is -2.20. The van der Waals surface area contributed by atoms with Gasteiger partial charge < -0.3 is 0 Å². The van der Waals surface area contributed by atoms with Gasteiger partial charge in [0.2, 0.25) is 0 Å². The van der Waals surface area contributed by atoms with Crippen LogP contribution in [0.4, 0.5) is 0 Å². The molecule has 1 aliphatic heterocycles. The number of benzene rings is 2. The Kier molecular flexibility index (Phi) is 8.11. The van der Waals surface area contributed by atoms with Crippen molar-refractivity contribution in [3.05, 3.63) is 82.2 Å². The number of hydrogen-bond acceptors (Lipinski definition) is 0. The van der Waals surface area contributed by atoms with E-state index >= 15 is 0 Å². The van der Waals surface area contributed by atoms with Crippen molar-refractivity contribution in [2.45, 2.75) is 54.6 Å². The summed E-state index contributed by atoms with van der Waals surface area (Å²) in [5.41, 5.74) is 5.64. The molecule has 134 valence electrons. The molecular formula is C24H34Si. The molecule has 0 unspecified atom stereocenters. The molecule has 1 heterocycles. The normalized spacial score (nSPS) is 15.2. The Labute approximate surface area is 156 Å². The Hall–Kier alpha value is -1.86. The molecule has 0 N–H and O–H groups in total. The van der Waals surface area contributed by atoms with Gasteiger partial charge in [-0.3, -0.25) is 0 Å². The van der Waals surface area contributed by atoms with E-state index in [0.29, 0.717) is 0 Å². The molecule has 0 fully saturated rings. The van der Waals surface area contributed by atoms with E-state index < -0.39 is 8.07 Å². The van der Waals surface area contributed by atoms with E-state index in [1.807, 2.05) is 27.7 Å². The highest BCUT2D eigenvalue weighted by Gasteiger charge is 2.37. The summed E-state index contributed by atoms with van der Waals surface area (Å²) in [6.45, 7) is 17.6. The molecule has 2 aromatic rings. The molecule has 0 spiro atoms. The van der Waals surface area contributed by atoms with Crippen LogP contribution in [0.15, 0.2) is 71.1 Å². The maximum atomic E-state index is 2.47. The van der Waals surface area contributed by atoms with Gasteiger partial charge in [0, 0.05) is 0 Å². The zero-order chi connectivity index (χ0) is 19.0. The molecule has 3 rings (SSSR count). The van der Waals surface area contributed by atoms with Gasteiger partial charge in [-0.1, -0.05) is 112 Å². The maximum absolute atomic E-state index is 2.47. The van der Waals surface area contributed by atoms with E-state index in [1.54, 1.807) is 10.4 Å². The van der Waals surface area contributed by atoms with Crippen molar-refractivity contribution < 1.29 is 0 Å². The van der Waals surface area contributed by atoms with Crippen molar-refractivity contribution in [2.75, 3.05) is 0 Å². The average molecular weight is 351 g/mol.